The summed E-state index contributed by atoms with van der Waals surface area (Å²) in [6, 6.07) is 14.3. The summed E-state index contributed by atoms with van der Waals surface area (Å²) < 4.78 is 13.2. The highest BCUT2D eigenvalue weighted by Gasteiger charge is 2.20. The van der Waals surface area contributed by atoms with E-state index in [2.05, 4.69) is 28.5 Å². The molecule has 1 aliphatic heterocycles. The van der Waals surface area contributed by atoms with E-state index >= 15 is 0 Å². The van der Waals surface area contributed by atoms with Crippen molar-refractivity contribution in [2.24, 2.45) is 0 Å². The summed E-state index contributed by atoms with van der Waals surface area (Å²) >= 11 is 0. The van der Waals surface area contributed by atoms with Crippen LogP contribution < -0.4 is 5.32 Å². The van der Waals surface area contributed by atoms with E-state index in [-0.39, 0.29) is 37.0 Å². The van der Waals surface area contributed by atoms with Crippen molar-refractivity contribution in [1.29, 1.82) is 0 Å². The molecule has 3 aromatic rings. The molecule has 30 heavy (non-hydrogen) atoms. The highest BCUT2D eigenvalue weighted by atomic mass is 19.1. The van der Waals surface area contributed by atoms with Crippen LogP contribution in [0, 0.1) is 5.82 Å². The zero-order valence-electron chi connectivity index (χ0n) is 16.7. The molecular formula is C24H24FN3O2. The molecule has 4 rings (SSSR count). The maximum absolute atomic E-state index is 13.2. The van der Waals surface area contributed by atoms with Gasteiger partial charge in [-0.1, -0.05) is 36.4 Å². The Morgan fingerprint density at radius 2 is 1.97 bits per heavy atom. The molecule has 5 nitrogen and oxygen atoms in total. The fraction of sp³-hybridized carbons (Fsp3) is 0.250. The second kappa shape index (κ2) is 8.95. The van der Waals surface area contributed by atoms with Crippen LogP contribution in [0.1, 0.15) is 30.4 Å². The number of carbonyl (C=O) groups is 2. The van der Waals surface area contributed by atoms with Gasteiger partial charge in [0.25, 0.3) is 0 Å². The van der Waals surface area contributed by atoms with E-state index in [1.165, 1.54) is 28.7 Å². The van der Waals surface area contributed by atoms with Crippen LogP contribution in [-0.4, -0.2) is 34.8 Å². The maximum atomic E-state index is 13.2. The Morgan fingerprint density at radius 3 is 2.77 bits per heavy atom. The number of carbonyl (C=O) groups excluding carboxylic acids is 2. The number of nitrogens with zero attached hydrogens (tertiary/aromatic N) is 1. The highest BCUT2D eigenvalue weighted by Crippen LogP contribution is 2.29. The molecule has 0 saturated carbocycles. The molecule has 2 aromatic carbocycles. The summed E-state index contributed by atoms with van der Waals surface area (Å²) in [5, 5.41) is 3.93. The molecule has 2 amide bonds. The first-order chi connectivity index (χ1) is 14.6. The Bertz CT molecular complexity index is 1100. The smallest absolute Gasteiger partial charge is 0.223 e. The summed E-state index contributed by atoms with van der Waals surface area (Å²) in [5.74, 6) is -0.563. The number of rotatable bonds is 6. The van der Waals surface area contributed by atoms with Gasteiger partial charge in [0.05, 0.1) is 0 Å². The topological polar surface area (TPSA) is 65.2 Å². The van der Waals surface area contributed by atoms with Crippen LogP contribution in [-0.2, 0) is 16.1 Å². The number of amides is 2. The monoisotopic (exact) mass is 405 g/mol. The predicted molar refractivity (Wildman–Crippen MR) is 115 cm³/mol. The second-order valence-electron chi connectivity index (χ2n) is 7.47. The molecule has 6 heteroatoms. The molecule has 0 radical (unpaired) electrons. The summed E-state index contributed by atoms with van der Waals surface area (Å²) in [5.41, 5.74) is 4.23. The van der Waals surface area contributed by atoms with Crippen molar-refractivity contribution in [1.82, 2.24) is 15.2 Å². The number of halogens is 1. The fourth-order valence-electron chi connectivity index (χ4n) is 3.79. The SMILES string of the molecule is O=C(CCC(=O)N1CC=C(c2c[nH]c3ccccc23)CC1)NCc1cccc(F)c1. The van der Waals surface area contributed by atoms with Gasteiger partial charge in [-0.25, -0.2) is 4.39 Å². The predicted octanol–water partition coefficient (Wildman–Crippen LogP) is 4.02. The Labute approximate surface area is 174 Å². The number of para-hydroxylation sites is 1. The number of aromatic amines is 1. The van der Waals surface area contributed by atoms with Gasteiger partial charge in [-0.3, -0.25) is 9.59 Å². The standard InChI is InChI=1S/C24H24FN3O2/c25-19-5-3-4-17(14-19)15-27-23(29)8-9-24(30)28-12-10-18(11-13-28)21-16-26-22-7-2-1-6-20(21)22/h1-7,10,14,16,26H,8-9,11-13,15H2,(H,27,29). The number of aromatic nitrogens is 1. The minimum absolute atomic E-state index is 0.0230. The molecule has 1 aromatic heterocycles. The van der Waals surface area contributed by atoms with E-state index < -0.39 is 0 Å². The minimum atomic E-state index is -0.331. The number of hydrogen-bond donors (Lipinski definition) is 2. The van der Waals surface area contributed by atoms with Crippen LogP contribution in [0.5, 0.6) is 0 Å². The molecule has 2 N–H and O–H groups in total. The Hall–Kier alpha value is -3.41. The van der Waals surface area contributed by atoms with E-state index in [0.717, 1.165) is 11.9 Å². The van der Waals surface area contributed by atoms with Crippen LogP contribution in [0.15, 0.2) is 60.8 Å². The molecule has 2 heterocycles. The molecule has 154 valence electrons. The third-order valence-electron chi connectivity index (χ3n) is 5.44. The van der Waals surface area contributed by atoms with Crippen LogP contribution >= 0.6 is 0 Å². The number of benzene rings is 2. The number of H-pyrrole nitrogens is 1. The summed E-state index contributed by atoms with van der Waals surface area (Å²) in [7, 11) is 0. The fourth-order valence-corrected chi connectivity index (χ4v) is 3.79. The highest BCUT2D eigenvalue weighted by molar-refractivity contribution is 5.93. The Morgan fingerprint density at radius 1 is 1.10 bits per heavy atom. The van der Waals surface area contributed by atoms with E-state index in [1.54, 1.807) is 17.0 Å². The van der Waals surface area contributed by atoms with Crippen LogP contribution in [0.25, 0.3) is 16.5 Å². The number of fused-ring (bicyclic) bond motifs is 1. The molecule has 0 bridgehead atoms. The maximum Gasteiger partial charge on any atom is 0.223 e. The molecule has 0 aliphatic carbocycles. The van der Waals surface area contributed by atoms with Gasteiger partial charge in [0, 0.05) is 55.1 Å². The minimum Gasteiger partial charge on any atom is -0.361 e. The third kappa shape index (κ3) is 4.59. The lowest BCUT2D eigenvalue weighted by molar-refractivity contribution is -0.133. The first-order valence-electron chi connectivity index (χ1n) is 10.1. The number of nitrogens with one attached hydrogen (secondary N) is 2. The average molecular weight is 405 g/mol. The average Bonchev–Trinajstić information content (AvgIpc) is 3.20. The van der Waals surface area contributed by atoms with E-state index in [4.69, 9.17) is 0 Å². The zero-order valence-corrected chi connectivity index (χ0v) is 16.7. The van der Waals surface area contributed by atoms with Gasteiger partial charge < -0.3 is 15.2 Å². The molecule has 0 fully saturated rings. The van der Waals surface area contributed by atoms with Crippen LogP contribution in [0.3, 0.4) is 0 Å². The lowest BCUT2D eigenvalue weighted by atomic mass is 9.98. The van der Waals surface area contributed by atoms with Crippen molar-refractivity contribution in [3.05, 3.63) is 77.7 Å². The second-order valence-corrected chi connectivity index (χ2v) is 7.47. The summed E-state index contributed by atoms with van der Waals surface area (Å²) in [6.45, 7) is 1.46. The van der Waals surface area contributed by atoms with Crippen molar-refractivity contribution in [3.63, 3.8) is 0 Å². The van der Waals surface area contributed by atoms with E-state index in [0.29, 0.717) is 18.7 Å². The summed E-state index contributed by atoms with van der Waals surface area (Å²) in [4.78, 5) is 29.6. The van der Waals surface area contributed by atoms with Crippen LogP contribution in [0.4, 0.5) is 4.39 Å². The van der Waals surface area contributed by atoms with Gasteiger partial charge in [0.15, 0.2) is 0 Å². The van der Waals surface area contributed by atoms with Crippen molar-refractivity contribution in [3.8, 4) is 0 Å². The Balaban J connectivity index is 1.26. The molecule has 0 unspecified atom stereocenters. The lowest BCUT2D eigenvalue weighted by Crippen LogP contribution is -2.35. The largest absolute Gasteiger partial charge is 0.361 e. The Kier molecular flexibility index (Phi) is 5.93. The summed E-state index contributed by atoms with van der Waals surface area (Å²) in [6.07, 6.45) is 5.21. The van der Waals surface area contributed by atoms with Gasteiger partial charge in [0.1, 0.15) is 5.82 Å². The van der Waals surface area contributed by atoms with Gasteiger partial charge in [-0.15, -0.1) is 0 Å². The molecular weight excluding hydrogens is 381 g/mol. The van der Waals surface area contributed by atoms with Gasteiger partial charge in [0.2, 0.25) is 11.8 Å². The third-order valence-corrected chi connectivity index (χ3v) is 5.44. The van der Waals surface area contributed by atoms with Gasteiger partial charge >= 0.3 is 0 Å². The van der Waals surface area contributed by atoms with E-state index in [1.807, 2.05) is 18.3 Å². The normalized spacial score (nSPS) is 13.9. The van der Waals surface area contributed by atoms with Crippen molar-refractivity contribution < 1.29 is 14.0 Å². The van der Waals surface area contributed by atoms with Crippen LogP contribution in [0.2, 0.25) is 0 Å². The lowest BCUT2D eigenvalue weighted by Gasteiger charge is -2.26. The molecule has 1 aliphatic rings. The molecule has 0 saturated heterocycles. The van der Waals surface area contributed by atoms with E-state index in [9.17, 15) is 14.0 Å². The molecule has 0 atom stereocenters. The molecule has 0 spiro atoms. The van der Waals surface area contributed by atoms with Crippen molar-refractivity contribution >= 4 is 28.3 Å². The number of hydrogen-bond acceptors (Lipinski definition) is 2. The van der Waals surface area contributed by atoms with Crippen molar-refractivity contribution in [2.75, 3.05) is 13.1 Å². The van der Waals surface area contributed by atoms with Gasteiger partial charge in [-0.05, 0) is 35.8 Å². The van der Waals surface area contributed by atoms with Crippen molar-refractivity contribution in [2.45, 2.75) is 25.8 Å². The zero-order chi connectivity index (χ0) is 20.9. The quantitative estimate of drug-likeness (QED) is 0.651. The van der Waals surface area contributed by atoms with Gasteiger partial charge in [-0.2, -0.15) is 0 Å². The first-order valence-corrected chi connectivity index (χ1v) is 10.1. The first kappa shape index (κ1) is 19.9.